The molecule has 0 radical (unpaired) electrons. The Labute approximate surface area is 293 Å². The van der Waals surface area contributed by atoms with Crippen LogP contribution in [-0.4, -0.2) is 9.13 Å². The summed E-state index contributed by atoms with van der Waals surface area (Å²) in [6.45, 7) is 0. The lowest BCUT2D eigenvalue weighted by atomic mass is 10.0. The highest BCUT2D eigenvalue weighted by molar-refractivity contribution is 6.19. The second-order valence-corrected chi connectivity index (χ2v) is 13.3. The normalized spacial score (nSPS) is 11.9. The summed E-state index contributed by atoms with van der Waals surface area (Å²) in [6.07, 6.45) is 0. The van der Waals surface area contributed by atoms with E-state index in [2.05, 4.69) is 179 Å². The van der Waals surface area contributed by atoms with Gasteiger partial charge in [-0.3, -0.25) is 0 Å². The average Bonchev–Trinajstić information content (AvgIpc) is 3.85. The number of nitrogens with zero attached hydrogens (tertiary/aromatic N) is 2. The second-order valence-electron chi connectivity index (χ2n) is 13.3. The summed E-state index contributed by atoms with van der Waals surface area (Å²) in [5, 5.41) is 7.25. The van der Waals surface area contributed by atoms with Crippen molar-refractivity contribution in [2.75, 3.05) is 0 Å². The lowest BCUT2D eigenvalue weighted by molar-refractivity contribution is 0.670. The summed E-state index contributed by atoms with van der Waals surface area (Å²) in [5.41, 5.74) is 13.4. The van der Waals surface area contributed by atoms with E-state index in [0.29, 0.717) is 0 Å². The van der Waals surface area contributed by atoms with Crippen molar-refractivity contribution in [3.05, 3.63) is 182 Å². The van der Waals surface area contributed by atoms with Gasteiger partial charge in [-0.15, -0.1) is 0 Å². The first-order valence-corrected chi connectivity index (χ1v) is 17.4. The van der Waals surface area contributed by atoms with E-state index in [4.69, 9.17) is 4.42 Å². The van der Waals surface area contributed by atoms with E-state index in [-0.39, 0.29) is 0 Å². The van der Waals surface area contributed by atoms with Crippen molar-refractivity contribution in [1.29, 1.82) is 0 Å². The Balaban J connectivity index is 1.17. The maximum absolute atomic E-state index is 6.47. The quantitative estimate of drug-likeness (QED) is 0.186. The summed E-state index contributed by atoms with van der Waals surface area (Å²) < 4.78 is 11.3. The van der Waals surface area contributed by atoms with Crippen LogP contribution in [0.5, 0.6) is 0 Å². The fourth-order valence-corrected chi connectivity index (χ4v) is 8.23. The van der Waals surface area contributed by atoms with Gasteiger partial charge in [-0.05, 0) is 71.3 Å². The topological polar surface area (TPSA) is 23.0 Å². The van der Waals surface area contributed by atoms with Gasteiger partial charge in [0.2, 0.25) is 0 Å². The monoisotopic (exact) mass is 650 g/mol. The molecule has 238 valence electrons. The number of hydrogen-bond acceptors (Lipinski definition) is 1. The molecule has 0 unspecified atom stereocenters. The van der Waals surface area contributed by atoms with E-state index in [9.17, 15) is 0 Å². The molecule has 0 fully saturated rings. The second kappa shape index (κ2) is 10.8. The molecule has 0 atom stereocenters. The molecule has 3 nitrogen and oxygen atoms in total. The third kappa shape index (κ3) is 4.19. The van der Waals surface area contributed by atoms with Gasteiger partial charge in [0.15, 0.2) is 0 Å². The Hall–Kier alpha value is -6.84. The molecule has 0 aliphatic heterocycles. The van der Waals surface area contributed by atoms with E-state index in [0.717, 1.165) is 44.4 Å². The Kier molecular flexibility index (Phi) is 5.96. The third-order valence-corrected chi connectivity index (χ3v) is 10.5. The number of furan rings is 1. The van der Waals surface area contributed by atoms with Gasteiger partial charge in [-0.2, -0.15) is 0 Å². The highest BCUT2D eigenvalue weighted by atomic mass is 16.3. The fourth-order valence-electron chi connectivity index (χ4n) is 8.23. The summed E-state index contributed by atoms with van der Waals surface area (Å²) in [5.74, 6) is 0. The van der Waals surface area contributed by atoms with Crippen LogP contribution in [0.1, 0.15) is 0 Å². The summed E-state index contributed by atoms with van der Waals surface area (Å²) in [7, 11) is 0. The van der Waals surface area contributed by atoms with Crippen LogP contribution in [0.25, 0.3) is 99.2 Å². The minimum atomic E-state index is 0.909. The van der Waals surface area contributed by atoms with Gasteiger partial charge in [-0.25, -0.2) is 0 Å². The first-order valence-electron chi connectivity index (χ1n) is 17.4. The van der Waals surface area contributed by atoms with Crippen molar-refractivity contribution in [3.63, 3.8) is 0 Å². The molecule has 3 heteroatoms. The summed E-state index contributed by atoms with van der Waals surface area (Å²) >= 11 is 0. The molecular formula is C48H30N2O. The SMILES string of the molecule is c1ccc(-c2cccc(-n3c4ccccc4c4cc5c6ccccc6n(-c6cccc(-c7cccc8c7oc7ccccc78)c6)c5cc43)c2)cc1. The Morgan fingerprint density at radius 3 is 1.55 bits per heavy atom. The maximum atomic E-state index is 6.47. The molecule has 0 bridgehead atoms. The van der Waals surface area contributed by atoms with E-state index in [1.54, 1.807) is 0 Å². The average molecular weight is 651 g/mol. The molecule has 0 N–H and O–H groups in total. The number of fused-ring (bicyclic) bond motifs is 9. The van der Waals surface area contributed by atoms with E-state index >= 15 is 0 Å². The number of hydrogen-bond donors (Lipinski definition) is 0. The van der Waals surface area contributed by atoms with E-state index in [1.807, 2.05) is 12.1 Å². The molecule has 3 aromatic heterocycles. The van der Waals surface area contributed by atoms with Gasteiger partial charge in [0.1, 0.15) is 11.2 Å². The minimum Gasteiger partial charge on any atom is -0.455 e. The van der Waals surface area contributed by atoms with Gasteiger partial charge in [0, 0.05) is 49.3 Å². The third-order valence-electron chi connectivity index (χ3n) is 10.5. The molecule has 8 aromatic carbocycles. The van der Waals surface area contributed by atoms with Gasteiger partial charge in [0.05, 0.1) is 22.1 Å². The molecule has 51 heavy (non-hydrogen) atoms. The number of benzene rings is 8. The van der Waals surface area contributed by atoms with Gasteiger partial charge in [-0.1, -0.05) is 127 Å². The van der Waals surface area contributed by atoms with Crippen LogP contribution in [0.3, 0.4) is 0 Å². The Bertz CT molecular complexity index is 3140. The van der Waals surface area contributed by atoms with Crippen LogP contribution in [-0.2, 0) is 0 Å². The summed E-state index contributed by atoms with van der Waals surface area (Å²) in [6, 6.07) is 65.5. The van der Waals surface area contributed by atoms with Crippen LogP contribution in [0.2, 0.25) is 0 Å². The predicted octanol–water partition coefficient (Wildman–Crippen LogP) is 13.1. The number of aromatic nitrogens is 2. The molecule has 11 aromatic rings. The van der Waals surface area contributed by atoms with Crippen LogP contribution in [0.4, 0.5) is 0 Å². The highest BCUT2D eigenvalue weighted by Gasteiger charge is 2.19. The molecule has 0 aliphatic carbocycles. The van der Waals surface area contributed by atoms with Crippen LogP contribution < -0.4 is 0 Å². The summed E-state index contributed by atoms with van der Waals surface area (Å²) in [4.78, 5) is 0. The largest absolute Gasteiger partial charge is 0.455 e. The highest BCUT2D eigenvalue weighted by Crippen LogP contribution is 2.41. The van der Waals surface area contributed by atoms with Crippen molar-refractivity contribution < 1.29 is 4.42 Å². The van der Waals surface area contributed by atoms with Crippen LogP contribution in [0, 0.1) is 0 Å². The number of rotatable bonds is 4. The Morgan fingerprint density at radius 2 is 0.843 bits per heavy atom. The molecule has 0 spiro atoms. The molecular weight excluding hydrogens is 621 g/mol. The fraction of sp³-hybridized carbons (Fsp3) is 0. The predicted molar refractivity (Wildman–Crippen MR) is 213 cm³/mol. The zero-order valence-corrected chi connectivity index (χ0v) is 27.6. The smallest absolute Gasteiger partial charge is 0.143 e. The number of para-hydroxylation sites is 4. The van der Waals surface area contributed by atoms with Crippen LogP contribution >= 0.6 is 0 Å². The maximum Gasteiger partial charge on any atom is 0.143 e. The molecule has 0 saturated carbocycles. The lowest BCUT2D eigenvalue weighted by Crippen LogP contribution is -1.96. The van der Waals surface area contributed by atoms with Gasteiger partial charge in [0.25, 0.3) is 0 Å². The molecule has 0 saturated heterocycles. The van der Waals surface area contributed by atoms with Gasteiger partial charge < -0.3 is 13.6 Å². The molecule has 0 amide bonds. The van der Waals surface area contributed by atoms with Crippen molar-refractivity contribution in [2.45, 2.75) is 0 Å². The van der Waals surface area contributed by atoms with Crippen molar-refractivity contribution >= 4 is 65.6 Å². The minimum absolute atomic E-state index is 0.909. The first-order chi connectivity index (χ1) is 25.3. The lowest BCUT2D eigenvalue weighted by Gasteiger charge is -2.12. The first kappa shape index (κ1) is 28.0. The van der Waals surface area contributed by atoms with Crippen molar-refractivity contribution in [3.8, 4) is 33.6 Å². The van der Waals surface area contributed by atoms with Crippen LogP contribution in [0.15, 0.2) is 186 Å². The standard InChI is InChI=1S/C48H30N2O/c1-2-13-31(14-3-1)32-15-10-17-34(27-32)49-43-24-7-4-19-37(43)41-29-42-38-20-5-8-25-44(38)50(46(42)30-45(41)49)35-18-11-16-33(28-35)36-22-12-23-40-39-21-6-9-26-47(39)51-48(36)40/h1-30H. The zero-order chi connectivity index (χ0) is 33.5. The zero-order valence-electron chi connectivity index (χ0n) is 27.6. The molecule has 0 aliphatic rings. The van der Waals surface area contributed by atoms with Crippen molar-refractivity contribution in [2.24, 2.45) is 0 Å². The molecule has 3 heterocycles. The van der Waals surface area contributed by atoms with Crippen molar-refractivity contribution in [1.82, 2.24) is 9.13 Å². The van der Waals surface area contributed by atoms with E-state index in [1.165, 1.54) is 54.7 Å². The molecule has 11 rings (SSSR count). The van der Waals surface area contributed by atoms with Gasteiger partial charge >= 0.3 is 0 Å². The van der Waals surface area contributed by atoms with E-state index < -0.39 is 0 Å². The Morgan fingerprint density at radius 1 is 0.314 bits per heavy atom.